The smallest absolute Gasteiger partial charge is 0.263 e. The summed E-state index contributed by atoms with van der Waals surface area (Å²) in [5.41, 5.74) is 0. The minimum atomic E-state index is 0.0482. The molecule has 1 aromatic heterocycles. The summed E-state index contributed by atoms with van der Waals surface area (Å²) in [5, 5.41) is 8.61. The molecule has 17 heavy (non-hydrogen) atoms. The van der Waals surface area contributed by atoms with E-state index in [-0.39, 0.29) is 12.5 Å². The maximum absolute atomic E-state index is 11.9. The van der Waals surface area contributed by atoms with Crippen molar-refractivity contribution in [2.24, 2.45) is 0 Å². The summed E-state index contributed by atoms with van der Waals surface area (Å²) < 4.78 is 0. The van der Waals surface area contributed by atoms with Gasteiger partial charge in [-0.15, -0.1) is 11.3 Å². The predicted molar refractivity (Wildman–Crippen MR) is 70.2 cm³/mol. The molecule has 0 spiro atoms. The zero-order chi connectivity index (χ0) is 12.7. The molecule has 0 fully saturated rings. The quantitative estimate of drug-likeness (QED) is 0.831. The lowest BCUT2D eigenvalue weighted by Crippen LogP contribution is -2.26. The van der Waals surface area contributed by atoms with Gasteiger partial charge in [-0.3, -0.25) is 4.79 Å². The summed E-state index contributed by atoms with van der Waals surface area (Å²) in [4.78, 5) is 15.2. The number of nitrogens with zero attached hydrogens (tertiary/aromatic N) is 1. The Morgan fingerprint density at radius 1 is 1.53 bits per heavy atom. The van der Waals surface area contributed by atoms with Crippen LogP contribution in [0.3, 0.4) is 0 Å². The normalized spacial score (nSPS) is 9.59. The topological polar surface area (TPSA) is 40.5 Å². The molecule has 0 saturated heterocycles. The van der Waals surface area contributed by atoms with E-state index in [0.29, 0.717) is 11.3 Å². The van der Waals surface area contributed by atoms with Gasteiger partial charge in [0.1, 0.15) is 0 Å². The third kappa shape index (κ3) is 4.22. The maximum atomic E-state index is 11.9. The Balaban J connectivity index is 2.68. The molecule has 4 heteroatoms. The summed E-state index contributed by atoms with van der Waals surface area (Å²) >= 11 is 1.40. The first-order valence-electron chi connectivity index (χ1n) is 5.64. The van der Waals surface area contributed by atoms with Gasteiger partial charge in [-0.25, -0.2) is 0 Å². The van der Waals surface area contributed by atoms with Crippen LogP contribution in [0.2, 0.25) is 0 Å². The summed E-state index contributed by atoms with van der Waals surface area (Å²) in [7, 11) is 1.81. The summed E-state index contributed by atoms with van der Waals surface area (Å²) in [6.07, 6.45) is 1.42. The number of carbonyl (C=O) groups excluding carboxylic acids is 1. The molecule has 1 N–H and O–H groups in total. The predicted octanol–water partition coefficient (Wildman–Crippen LogP) is 1.96. The monoisotopic (exact) mass is 251 g/mol. The van der Waals surface area contributed by atoms with E-state index in [2.05, 4.69) is 11.8 Å². The number of aliphatic hydroxyl groups excluding tert-OH is 1. The van der Waals surface area contributed by atoms with Crippen molar-refractivity contribution in [2.75, 3.05) is 20.2 Å². The summed E-state index contributed by atoms with van der Waals surface area (Å²) in [6.45, 7) is 2.88. The summed E-state index contributed by atoms with van der Waals surface area (Å²) in [6, 6.07) is 3.66. The van der Waals surface area contributed by atoms with Crippen molar-refractivity contribution in [1.29, 1.82) is 0 Å². The third-order valence-corrected chi connectivity index (χ3v) is 3.16. The van der Waals surface area contributed by atoms with Gasteiger partial charge in [-0.2, -0.15) is 0 Å². The first kappa shape index (κ1) is 13.8. The Kier molecular flexibility index (Phi) is 5.75. The molecule has 0 aliphatic rings. The largest absolute Gasteiger partial charge is 0.395 e. The lowest BCUT2D eigenvalue weighted by Gasteiger charge is -2.14. The Bertz CT molecular complexity index is 428. The molecule has 0 unspecified atom stereocenters. The molecule has 1 rings (SSSR count). The third-order valence-electron chi connectivity index (χ3n) is 2.17. The number of carbonyl (C=O) groups is 1. The Hall–Kier alpha value is -1.31. The van der Waals surface area contributed by atoms with Gasteiger partial charge in [-0.1, -0.05) is 18.8 Å². The number of aliphatic hydroxyl groups is 1. The van der Waals surface area contributed by atoms with Crippen LogP contribution in [0.5, 0.6) is 0 Å². The Labute approximate surface area is 106 Å². The maximum Gasteiger partial charge on any atom is 0.263 e. The second kappa shape index (κ2) is 7.10. The van der Waals surface area contributed by atoms with Gasteiger partial charge in [0, 0.05) is 20.0 Å². The Morgan fingerprint density at radius 2 is 2.29 bits per heavy atom. The molecule has 0 bridgehead atoms. The molecule has 1 amide bonds. The fraction of sp³-hybridized carbons (Fsp3) is 0.462. The fourth-order valence-corrected chi connectivity index (χ4v) is 2.23. The first-order valence-corrected chi connectivity index (χ1v) is 6.45. The van der Waals surface area contributed by atoms with Crippen LogP contribution in [-0.2, 0) is 0 Å². The van der Waals surface area contributed by atoms with Crippen LogP contribution in [0.1, 0.15) is 34.3 Å². The average Bonchev–Trinajstić information content (AvgIpc) is 2.77. The van der Waals surface area contributed by atoms with E-state index in [9.17, 15) is 4.79 Å². The van der Waals surface area contributed by atoms with Crippen molar-refractivity contribution in [3.8, 4) is 11.8 Å². The van der Waals surface area contributed by atoms with Crippen molar-refractivity contribution >= 4 is 17.2 Å². The van der Waals surface area contributed by atoms with Gasteiger partial charge < -0.3 is 10.0 Å². The zero-order valence-corrected chi connectivity index (χ0v) is 11.0. The second-order valence-electron chi connectivity index (χ2n) is 3.67. The van der Waals surface area contributed by atoms with Crippen LogP contribution >= 0.6 is 11.3 Å². The van der Waals surface area contributed by atoms with Crippen LogP contribution in [0.15, 0.2) is 12.1 Å². The van der Waals surface area contributed by atoms with Crippen molar-refractivity contribution in [3.63, 3.8) is 0 Å². The van der Waals surface area contributed by atoms with E-state index < -0.39 is 0 Å². The lowest BCUT2D eigenvalue weighted by atomic mass is 10.3. The van der Waals surface area contributed by atoms with E-state index in [0.717, 1.165) is 17.8 Å². The molecule has 1 aromatic rings. The van der Waals surface area contributed by atoms with Gasteiger partial charge in [0.25, 0.3) is 5.91 Å². The van der Waals surface area contributed by atoms with E-state index in [1.165, 1.54) is 11.3 Å². The molecule has 0 radical (unpaired) electrons. The van der Waals surface area contributed by atoms with Crippen LogP contribution in [0.4, 0.5) is 0 Å². The van der Waals surface area contributed by atoms with Gasteiger partial charge in [0.15, 0.2) is 0 Å². The Morgan fingerprint density at radius 3 is 2.94 bits per heavy atom. The van der Waals surface area contributed by atoms with E-state index in [4.69, 9.17) is 5.11 Å². The van der Waals surface area contributed by atoms with E-state index >= 15 is 0 Å². The highest BCUT2D eigenvalue weighted by molar-refractivity contribution is 7.14. The van der Waals surface area contributed by atoms with Crippen LogP contribution in [-0.4, -0.2) is 36.1 Å². The first-order chi connectivity index (χ1) is 8.19. The zero-order valence-electron chi connectivity index (χ0n) is 10.2. The molecular formula is C13H17NO2S. The van der Waals surface area contributed by atoms with Crippen LogP contribution in [0.25, 0.3) is 0 Å². The minimum Gasteiger partial charge on any atom is -0.395 e. The van der Waals surface area contributed by atoms with Crippen molar-refractivity contribution in [1.82, 2.24) is 4.90 Å². The highest BCUT2D eigenvalue weighted by atomic mass is 32.1. The van der Waals surface area contributed by atoms with Gasteiger partial charge in [0.05, 0.1) is 16.4 Å². The molecule has 1 heterocycles. The lowest BCUT2D eigenvalue weighted by molar-refractivity contribution is 0.0800. The second-order valence-corrected chi connectivity index (χ2v) is 4.75. The number of hydrogen-bond donors (Lipinski definition) is 1. The summed E-state index contributed by atoms with van der Waals surface area (Å²) in [5.74, 6) is 5.82. The molecule has 0 aromatic carbocycles. The highest BCUT2D eigenvalue weighted by Gasteiger charge is 2.12. The molecule has 0 aliphatic carbocycles. The number of thiophene rings is 1. The fourth-order valence-electron chi connectivity index (χ4n) is 1.35. The van der Waals surface area contributed by atoms with E-state index in [1.54, 1.807) is 4.90 Å². The SMILES string of the molecule is CCCN(C)C(=O)c1ccc(C#CCCO)s1. The number of amides is 1. The minimum absolute atomic E-state index is 0.0482. The molecule has 0 atom stereocenters. The van der Waals surface area contributed by atoms with Gasteiger partial charge in [-0.05, 0) is 18.6 Å². The van der Waals surface area contributed by atoms with E-state index in [1.807, 2.05) is 26.1 Å². The number of hydrogen-bond acceptors (Lipinski definition) is 3. The molecule has 0 aliphatic heterocycles. The highest BCUT2D eigenvalue weighted by Crippen LogP contribution is 2.17. The number of rotatable bonds is 4. The standard InChI is InChI=1S/C13H17NO2S/c1-3-9-14(2)13(16)12-8-7-11(17-12)6-4-5-10-15/h7-8,15H,3,5,9-10H2,1-2H3. The van der Waals surface area contributed by atoms with Crippen LogP contribution in [0, 0.1) is 11.8 Å². The van der Waals surface area contributed by atoms with Crippen molar-refractivity contribution in [2.45, 2.75) is 19.8 Å². The molecular weight excluding hydrogens is 234 g/mol. The van der Waals surface area contributed by atoms with Crippen molar-refractivity contribution in [3.05, 3.63) is 21.9 Å². The average molecular weight is 251 g/mol. The van der Waals surface area contributed by atoms with Crippen LogP contribution < -0.4 is 0 Å². The van der Waals surface area contributed by atoms with Gasteiger partial charge >= 0.3 is 0 Å². The molecule has 3 nitrogen and oxygen atoms in total. The molecule has 0 saturated carbocycles. The molecule has 92 valence electrons. The van der Waals surface area contributed by atoms with Gasteiger partial charge in [0.2, 0.25) is 0 Å². The van der Waals surface area contributed by atoms with Crippen molar-refractivity contribution < 1.29 is 9.90 Å².